The molecule has 1 atom stereocenters. The van der Waals surface area contributed by atoms with E-state index in [0.29, 0.717) is 78.7 Å². The molecule has 0 aliphatic carbocycles. The Labute approximate surface area is 273 Å². The average molecular weight is 647 g/mol. The monoisotopic (exact) mass is 646 g/mol. The normalized spacial score (nSPS) is 18.7. The third kappa shape index (κ3) is 8.64. The number of H-pyrrole nitrogens is 1. The summed E-state index contributed by atoms with van der Waals surface area (Å²) in [5, 5.41) is 8.69. The molecule has 2 aromatic heterocycles. The molecule has 4 heterocycles. The Balaban J connectivity index is 1.31. The van der Waals surface area contributed by atoms with Gasteiger partial charge in [0.15, 0.2) is 0 Å². The molecule has 47 heavy (non-hydrogen) atoms. The van der Waals surface area contributed by atoms with E-state index in [9.17, 15) is 19.2 Å². The number of aromatic nitrogens is 3. The van der Waals surface area contributed by atoms with Crippen molar-refractivity contribution in [2.45, 2.75) is 58.3 Å². The van der Waals surface area contributed by atoms with Crippen molar-refractivity contribution in [3.63, 3.8) is 0 Å². The van der Waals surface area contributed by atoms with E-state index >= 15 is 0 Å². The van der Waals surface area contributed by atoms with Crippen molar-refractivity contribution in [1.29, 1.82) is 0 Å². The van der Waals surface area contributed by atoms with E-state index in [1.54, 1.807) is 42.5 Å². The van der Waals surface area contributed by atoms with Gasteiger partial charge in [-0.25, -0.2) is 9.97 Å². The first kappa shape index (κ1) is 33.4. The SMILES string of the molecule is COc1nc2c(cc1CN1CCCCNC(=O)[C@H](Cc3cnc[nH]3)NC(=O)c3cccc(c3)OCCNC(=O)C1)C(=O)N(C(C)C)C2. The summed E-state index contributed by atoms with van der Waals surface area (Å²) in [5.41, 5.74) is 3.00. The van der Waals surface area contributed by atoms with Gasteiger partial charge in [-0.15, -0.1) is 0 Å². The maximum atomic E-state index is 13.3. The quantitative estimate of drug-likeness (QED) is 0.309. The summed E-state index contributed by atoms with van der Waals surface area (Å²) in [7, 11) is 1.55. The van der Waals surface area contributed by atoms with Crippen molar-refractivity contribution >= 4 is 23.6 Å². The van der Waals surface area contributed by atoms with Crippen molar-refractivity contribution < 1.29 is 28.7 Å². The van der Waals surface area contributed by atoms with Gasteiger partial charge in [0.1, 0.15) is 18.4 Å². The number of nitrogens with one attached hydrogen (secondary N) is 4. The first-order valence-corrected chi connectivity index (χ1v) is 15.9. The largest absolute Gasteiger partial charge is 0.492 e. The number of hydrogen-bond donors (Lipinski definition) is 4. The molecule has 3 aromatic rings. The summed E-state index contributed by atoms with van der Waals surface area (Å²) in [4.78, 5) is 67.9. The number of carbonyl (C=O) groups is 4. The van der Waals surface area contributed by atoms with Crippen molar-refractivity contribution in [2.24, 2.45) is 0 Å². The molecule has 2 aliphatic rings. The minimum Gasteiger partial charge on any atom is -0.492 e. The molecule has 0 spiro atoms. The molecule has 250 valence electrons. The number of methoxy groups -OCH3 is 1. The number of rotatable bonds is 6. The average Bonchev–Trinajstić information content (AvgIpc) is 3.69. The number of nitrogens with zero attached hydrogens (tertiary/aromatic N) is 4. The molecule has 0 radical (unpaired) electrons. The fraction of sp³-hybridized carbons (Fsp3) is 0.455. The van der Waals surface area contributed by atoms with Crippen LogP contribution in [-0.2, 0) is 29.1 Å². The highest BCUT2D eigenvalue weighted by Crippen LogP contribution is 2.29. The molecule has 2 aliphatic heterocycles. The number of aromatic amines is 1. The Morgan fingerprint density at radius 3 is 2.68 bits per heavy atom. The molecule has 14 heteroatoms. The van der Waals surface area contributed by atoms with Crippen LogP contribution in [0.2, 0.25) is 0 Å². The van der Waals surface area contributed by atoms with E-state index in [1.807, 2.05) is 24.8 Å². The smallest absolute Gasteiger partial charge is 0.256 e. The van der Waals surface area contributed by atoms with Gasteiger partial charge in [0.05, 0.1) is 44.3 Å². The van der Waals surface area contributed by atoms with E-state index < -0.39 is 11.9 Å². The highest BCUT2D eigenvalue weighted by molar-refractivity contribution is 5.98. The number of pyridine rings is 1. The first-order valence-electron chi connectivity index (χ1n) is 15.9. The van der Waals surface area contributed by atoms with Gasteiger partial charge in [0, 0.05) is 48.6 Å². The summed E-state index contributed by atoms with van der Waals surface area (Å²) in [5.74, 6) is -0.0996. The molecule has 5 rings (SSSR count). The Morgan fingerprint density at radius 1 is 1.06 bits per heavy atom. The first-order chi connectivity index (χ1) is 22.7. The summed E-state index contributed by atoms with van der Waals surface area (Å²) in [6, 6.07) is 7.70. The summed E-state index contributed by atoms with van der Waals surface area (Å²) >= 11 is 0. The highest BCUT2D eigenvalue weighted by atomic mass is 16.5. The van der Waals surface area contributed by atoms with Crippen LogP contribution in [0.1, 0.15) is 64.4 Å². The standard InChI is InChI=1S/C33H42N8O6/c1-21(2)41-18-28-26(33(41)45)14-23(32(39-28)46-3)17-40-11-5-4-9-36-31(44)27(15-24-16-34-20-37-24)38-30(43)22-7-6-8-25(13-22)47-12-10-35-29(42)19-40/h6-8,13-14,16,20-21,27H,4-5,9-12,15,17-19H2,1-3H3,(H,34,37)(H,35,42)(H,36,44)(H,38,43)/t27-/m0/s1. The predicted octanol–water partition coefficient (Wildman–Crippen LogP) is 1.43. The maximum Gasteiger partial charge on any atom is 0.256 e. The van der Waals surface area contributed by atoms with E-state index in [2.05, 4.69) is 30.9 Å². The van der Waals surface area contributed by atoms with Crippen LogP contribution in [0.5, 0.6) is 11.6 Å². The lowest BCUT2D eigenvalue weighted by atomic mass is 10.1. The third-order valence-corrected chi connectivity index (χ3v) is 8.12. The van der Waals surface area contributed by atoms with Crippen LogP contribution in [0.4, 0.5) is 0 Å². The van der Waals surface area contributed by atoms with E-state index in [0.717, 1.165) is 0 Å². The molecule has 2 bridgehead atoms. The fourth-order valence-electron chi connectivity index (χ4n) is 5.64. The van der Waals surface area contributed by atoms with Crippen LogP contribution in [0.15, 0.2) is 42.9 Å². The third-order valence-electron chi connectivity index (χ3n) is 8.12. The molecule has 0 saturated heterocycles. The molecular formula is C33H42N8O6. The molecule has 4 amide bonds. The summed E-state index contributed by atoms with van der Waals surface area (Å²) < 4.78 is 11.4. The molecule has 1 aromatic carbocycles. The number of benzene rings is 1. The second kappa shape index (κ2) is 15.5. The number of ether oxygens (including phenoxy) is 2. The number of imidazole rings is 1. The molecular weight excluding hydrogens is 604 g/mol. The number of hydrogen-bond acceptors (Lipinski definition) is 9. The van der Waals surface area contributed by atoms with Crippen molar-refractivity contribution in [3.8, 4) is 11.6 Å². The van der Waals surface area contributed by atoms with Gasteiger partial charge < -0.3 is 35.3 Å². The van der Waals surface area contributed by atoms with Crippen LogP contribution in [0.25, 0.3) is 0 Å². The van der Waals surface area contributed by atoms with Crippen LogP contribution >= 0.6 is 0 Å². The zero-order chi connectivity index (χ0) is 33.3. The van der Waals surface area contributed by atoms with Crippen molar-refractivity contribution in [3.05, 3.63) is 70.9 Å². The lowest BCUT2D eigenvalue weighted by Crippen LogP contribution is -2.48. The molecule has 0 fully saturated rings. The molecule has 14 nitrogen and oxygen atoms in total. The van der Waals surface area contributed by atoms with Gasteiger partial charge in [-0.1, -0.05) is 6.07 Å². The van der Waals surface area contributed by atoms with E-state index in [-0.39, 0.29) is 49.9 Å². The van der Waals surface area contributed by atoms with Gasteiger partial charge in [-0.05, 0) is 57.5 Å². The van der Waals surface area contributed by atoms with Crippen molar-refractivity contribution in [1.82, 2.24) is 40.7 Å². The van der Waals surface area contributed by atoms with Gasteiger partial charge in [-0.3, -0.25) is 24.1 Å². The predicted molar refractivity (Wildman–Crippen MR) is 172 cm³/mol. The van der Waals surface area contributed by atoms with Gasteiger partial charge in [0.25, 0.3) is 11.8 Å². The zero-order valence-electron chi connectivity index (χ0n) is 27.0. The van der Waals surface area contributed by atoms with Crippen LogP contribution in [0, 0.1) is 0 Å². The van der Waals surface area contributed by atoms with E-state index in [4.69, 9.17) is 9.47 Å². The minimum atomic E-state index is -0.831. The molecule has 4 N–H and O–H groups in total. The minimum absolute atomic E-state index is 0.0372. The second-order valence-electron chi connectivity index (χ2n) is 11.9. The highest BCUT2D eigenvalue weighted by Gasteiger charge is 2.32. The number of fused-ring (bicyclic) bond motifs is 3. The van der Waals surface area contributed by atoms with Gasteiger partial charge in [0.2, 0.25) is 17.7 Å². The van der Waals surface area contributed by atoms with E-state index in [1.165, 1.54) is 6.33 Å². The van der Waals surface area contributed by atoms with Crippen LogP contribution in [-0.4, -0.2) is 100 Å². The Bertz CT molecular complexity index is 1580. The molecule has 0 saturated carbocycles. The Morgan fingerprint density at radius 2 is 1.91 bits per heavy atom. The van der Waals surface area contributed by atoms with Gasteiger partial charge in [-0.2, -0.15) is 0 Å². The summed E-state index contributed by atoms with van der Waals surface area (Å²) in [6.45, 7) is 6.16. The van der Waals surface area contributed by atoms with Gasteiger partial charge >= 0.3 is 0 Å². The van der Waals surface area contributed by atoms with Crippen LogP contribution < -0.4 is 25.4 Å². The fourth-order valence-corrected chi connectivity index (χ4v) is 5.64. The lowest BCUT2D eigenvalue weighted by Gasteiger charge is -2.23. The summed E-state index contributed by atoms with van der Waals surface area (Å²) in [6.07, 6.45) is 4.68. The Hall–Kier alpha value is -4.98. The van der Waals surface area contributed by atoms with Crippen molar-refractivity contribution in [2.75, 3.05) is 39.9 Å². The topological polar surface area (TPSA) is 171 Å². The lowest BCUT2D eigenvalue weighted by molar-refractivity contribution is -0.123. The molecule has 0 unspecified atom stereocenters. The Kier molecular flexibility index (Phi) is 11.0. The van der Waals surface area contributed by atoms with Crippen LogP contribution in [0.3, 0.4) is 0 Å². The second-order valence-corrected chi connectivity index (χ2v) is 11.9. The maximum absolute atomic E-state index is 13.3. The number of carbonyl (C=O) groups excluding carboxylic acids is 4. The number of amides is 4. The zero-order valence-corrected chi connectivity index (χ0v) is 27.0.